The Morgan fingerprint density at radius 2 is 1.88 bits per heavy atom. The smallest absolute Gasteiger partial charge is 0.0991 e. The molecule has 0 amide bonds. The van der Waals surface area contributed by atoms with Gasteiger partial charge < -0.3 is 0 Å². The minimum absolute atomic E-state index is 0.690. The summed E-state index contributed by atoms with van der Waals surface area (Å²) in [5, 5.41) is 8.91. The fourth-order valence-corrected chi connectivity index (χ4v) is 1.65. The maximum absolute atomic E-state index is 8.91. The zero-order chi connectivity index (χ0) is 11.5. The number of hydrogen-bond donors (Lipinski definition) is 0. The normalized spacial score (nSPS) is 9.81. The largest absolute Gasteiger partial charge is 0.261 e. The Hall–Kier alpha value is -2.14. The third kappa shape index (κ3) is 2.09. The van der Waals surface area contributed by atoms with E-state index in [-0.39, 0.29) is 0 Å². The van der Waals surface area contributed by atoms with Crippen molar-refractivity contribution in [1.82, 2.24) is 4.98 Å². The van der Waals surface area contributed by atoms with E-state index in [1.165, 1.54) is 0 Å². The Balaban J connectivity index is 2.52. The molecule has 0 aliphatic carbocycles. The molecule has 0 unspecified atom stereocenters. The molecule has 2 rings (SSSR count). The van der Waals surface area contributed by atoms with Gasteiger partial charge in [0.15, 0.2) is 0 Å². The van der Waals surface area contributed by atoms with Crippen LogP contribution in [0, 0.1) is 25.2 Å². The molecule has 0 atom stereocenters. The number of hydrogen-bond acceptors (Lipinski definition) is 2. The van der Waals surface area contributed by atoms with Crippen LogP contribution in [0.2, 0.25) is 0 Å². The molecule has 0 N–H and O–H groups in total. The molecular formula is C14H12N2. The van der Waals surface area contributed by atoms with Gasteiger partial charge in [-0.05, 0) is 43.2 Å². The minimum Gasteiger partial charge on any atom is -0.261 e. The Kier molecular flexibility index (Phi) is 2.70. The molecule has 1 aromatic heterocycles. The monoisotopic (exact) mass is 208 g/mol. The van der Waals surface area contributed by atoms with E-state index in [2.05, 4.69) is 17.1 Å². The summed E-state index contributed by atoms with van der Waals surface area (Å²) in [6.45, 7) is 3.95. The Morgan fingerprint density at radius 3 is 2.50 bits per heavy atom. The highest BCUT2D eigenvalue weighted by molar-refractivity contribution is 5.65. The van der Waals surface area contributed by atoms with Gasteiger partial charge >= 0.3 is 0 Å². The van der Waals surface area contributed by atoms with Gasteiger partial charge in [-0.25, -0.2) is 0 Å². The first-order valence-electron chi connectivity index (χ1n) is 5.14. The first kappa shape index (κ1) is 10.4. The zero-order valence-electron chi connectivity index (χ0n) is 9.36. The van der Waals surface area contributed by atoms with Crippen molar-refractivity contribution in [2.45, 2.75) is 13.8 Å². The minimum atomic E-state index is 0.690. The van der Waals surface area contributed by atoms with E-state index in [1.807, 2.05) is 44.3 Å². The third-order valence-corrected chi connectivity index (χ3v) is 2.45. The number of rotatable bonds is 1. The molecular weight excluding hydrogens is 196 g/mol. The molecule has 1 heterocycles. The Morgan fingerprint density at radius 1 is 1.06 bits per heavy atom. The lowest BCUT2D eigenvalue weighted by Crippen LogP contribution is -1.86. The molecule has 0 radical (unpaired) electrons. The van der Waals surface area contributed by atoms with Crippen molar-refractivity contribution >= 4 is 0 Å². The predicted octanol–water partition coefficient (Wildman–Crippen LogP) is 3.24. The summed E-state index contributed by atoms with van der Waals surface area (Å²) >= 11 is 0. The van der Waals surface area contributed by atoms with E-state index >= 15 is 0 Å². The highest BCUT2D eigenvalue weighted by atomic mass is 14.7. The van der Waals surface area contributed by atoms with Gasteiger partial charge in [-0.1, -0.05) is 12.1 Å². The maximum atomic E-state index is 8.91. The number of nitrogens with zero attached hydrogens (tertiary/aromatic N) is 2. The number of pyridine rings is 1. The molecule has 0 saturated carbocycles. The van der Waals surface area contributed by atoms with Crippen LogP contribution in [0.25, 0.3) is 11.1 Å². The molecule has 0 bridgehead atoms. The highest BCUT2D eigenvalue weighted by Gasteiger charge is 2.01. The van der Waals surface area contributed by atoms with Gasteiger partial charge in [-0.15, -0.1) is 0 Å². The first-order chi connectivity index (χ1) is 7.69. The molecule has 1 aromatic carbocycles. The lowest BCUT2D eigenvalue weighted by molar-refractivity contribution is 1.20. The summed E-state index contributed by atoms with van der Waals surface area (Å²) in [5.74, 6) is 0. The van der Waals surface area contributed by atoms with Crippen LogP contribution in [-0.4, -0.2) is 4.98 Å². The van der Waals surface area contributed by atoms with Gasteiger partial charge in [-0.2, -0.15) is 5.26 Å². The molecule has 2 nitrogen and oxygen atoms in total. The van der Waals surface area contributed by atoms with Crippen LogP contribution in [0.5, 0.6) is 0 Å². The van der Waals surface area contributed by atoms with Crippen LogP contribution in [0.3, 0.4) is 0 Å². The van der Waals surface area contributed by atoms with Crippen molar-refractivity contribution in [2.75, 3.05) is 0 Å². The summed E-state index contributed by atoms with van der Waals surface area (Å²) in [6.07, 6.45) is 1.84. The van der Waals surface area contributed by atoms with E-state index in [0.717, 1.165) is 22.4 Å². The second-order valence-corrected chi connectivity index (χ2v) is 3.89. The lowest BCUT2D eigenvalue weighted by atomic mass is 10.0. The van der Waals surface area contributed by atoms with Gasteiger partial charge in [0.05, 0.1) is 11.6 Å². The second-order valence-electron chi connectivity index (χ2n) is 3.89. The predicted molar refractivity (Wildman–Crippen MR) is 63.9 cm³/mol. The van der Waals surface area contributed by atoms with Crippen LogP contribution in [0.4, 0.5) is 0 Å². The molecule has 16 heavy (non-hydrogen) atoms. The topological polar surface area (TPSA) is 36.7 Å². The van der Waals surface area contributed by atoms with Crippen molar-refractivity contribution in [3.05, 3.63) is 53.3 Å². The van der Waals surface area contributed by atoms with Crippen molar-refractivity contribution in [2.24, 2.45) is 0 Å². The van der Waals surface area contributed by atoms with Gasteiger partial charge in [0.2, 0.25) is 0 Å². The average Bonchev–Trinajstić information content (AvgIpc) is 2.29. The maximum Gasteiger partial charge on any atom is 0.0991 e. The lowest BCUT2D eigenvalue weighted by Gasteiger charge is -2.04. The Bertz CT molecular complexity index is 548. The van der Waals surface area contributed by atoms with Gasteiger partial charge in [0.1, 0.15) is 0 Å². The van der Waals surface area contributed by atoms with Crippen molar-refractivity contribution in [3.8, 4) is 17.2 Å². The molecule has 0 saturated heterocycles. The Labute approximate surface area is 95.2 Å². The van der Waals surface area contributed by atoms with Gasteiger partial charge in [0.25, 0.3) is 0 Å². The molecule has 78 valence electrons. The fourth-order valence-electron chi connectivity index (χ4n) is 1.65. The second kappa shape index (κ2) is 4.16. The standard InChI is InChI=1S/C14H12N2/c1-10-5-12(8-15)7-14(6-10)13-4-3-11(2)16-9-13/h3-7,9H,1-2H3. The summed E-state index contributed by atoms with van der Waals surface area (Å²) in [6, 6.07) is 12.0. The van der Waals surface area contributed by atoms with E-state index in [0.29, 0.717) is 5.56 Å². The van der Waals surface area contributed by atoms with Crippen molar-refractivity contribution in [1.29, 1.82) is 5.26 Å². The van der Waals surface area contributed by atoms with E-state index in [9.17, 15) is 0 Å². The quantitative estimate of drug-likeness (QED) is 0.721. The van der Waals surface area contributed by atoms with E-state index in [4.69, 9.17) is 5.26 Å². The van der Waals surface area contributed by atoms with Gasteiger partial charge in [0, 0.05) is 17.5 Å². The number of aromatic nitrogens is 1. The number of nitriles is 1. The highest BCUT2D eigenvalue weighted by Crippen LogP contribution is 2.21. The summed E-state index contributed by atoms with van der Waals surface area (Å²) in [5.41, 5.74) is 4.87. The SMILES string of the molecule is Cc1cc(C#N)cc(-c2ccc(C)nc2)c1. The number of aryl methyl sites for hydroxylation is 2. The van der Waals surface area contributed by atoms with Crippen LogP contribution in [-0.2, 0) is 0 Å². The molecule has 2 aromatic rings. The molecule has 0 spiro atoms. The summed E-state index contributed by atoms with van der Waals surface area (Å²) < 4.78 is 0. The fraction of sp³-hybridized carbons (Fsp3) is 0.143. The van der Waals surface area contributed by atoms with E-state index < -0.39 is 0 Å². The van der Waals surface area contributed by atoms with E-state index in [1.54, 1.807) is 0 Å². The van der Waals surface area contributed by atoms with Crippen LogP contribution < -0.4 is 0 Å². The molecule has 0 fully saturated rings. The van der Waals surface area contributed by atoms with Crippen molar-refractivity contribution in [3.63, 3.8) is 0 Å². The average molecular weight is 208 g/mol. The molecule has 0 aliphatic heterocycles. The molecule has 0 aliphatic rings. The first-order valence-corrected chi connectivity index (χ1v) is 5.14. The third-order valence-electron chi connectivity index (χ3n) is 2.45. The summed E-state index contributed by atoms with van der Waals surface area (Å²) in [4.78, 5) is 4.26. The molecule has 2 heteroatoms. The van der Waals surface area contributed by atoms with Crippen LogP contribution in [0.15, 0.2) is 36.5 Å². The number of benzene rings is 1. The van der Waals surface area contributed by atoms with Gasteiger partial charge in [-0.3, -0.25) is 4.98 Å². The van der Waals surface area contributed by atoms with Crippen molar-refractivity contribution < 1.29 is 0 Å². The van der Waals surface area contributed by atoms with Crippen LogP contribution in [0.1, 0.15) is 16.8 Å². The van der Waals surface area contributed by atoms with Crippen LogP contribution >= 0.6 is 0 Å². The summed E-state index contributed by atoms with van der Waals surface area (Å²) in [7, 11) is 0. The zero-order valence-corrected chi connectivity index (χ0v) is 9.36.